The van der Waals surface area contributed by atoms with Crippen molar-refractivity contribution in [2.75, 3.05) is 13.1 Å². The second-order valence-corrected chi connectivity index (χ2v) is 5.75. The Morgan fingerprint density at radius 3 is 2.53 bits per heavy atom. The van der Waals surface area contributed by atoms with E-state index in [0.717, 1.165) is 25.5 Å². The van der Waals surface area contributed by atoms with Crippen LogP contribution in [0.15, 0.2) is 6.33 Å². The van der Waals surface area contributed by atoms with Gasteiger partial charge >= 0.3 is 0 Å². The Morgan fingerprint density at radius 2 is 2.00 bits per heavy atom. The van der Waals surface area contributed by atoms with Crippen LogP contribution in [0.1, 0.15) is 39.6 Å². The normalized spacial score (nSPS) is 19.9. The number of nitrogens with two attached hydrogens (primary N) is 1. The van der Waals surface area contributed by atoms with Gasteiger partial charge in [-0.2, -0.15) is 5.10 Å². The van der Waals surface area contributed by atoms with Crippen molar-refractivity contribution in [3.05, 3.63) is 12.2 Å². The standard InChI is InChI=1S/C12H23N5/c1-9(2)12(13)6-16(7-12)5-11-14-8-15-17(11)10(3)4/h8-10H,5-7,13H2,1-4H3. The lowest BCUT2D eigenvalue weighted by Gasteiger charge is -2.50. The zero-order valence-electron chi connectivity index (χ0n) is 11.2. The molecule has 0 aliphatic carbocycles. The molecular weight excluding hydrogens is 214 g/mol. The molecule has 0 radical (unpaired) electrons. The van der Waals surface area contributed by atoms with Crippen LogP contribution in [-0.4, -0.2) is 38.3 Å². The maximum Gasteiger partial charge on any atom is 0.141 e. The molecule has 0 unspecified atom stereocenters. The van der Waals surface area contributed by atoms with Gasteiger partial charge in [-0.05, 0) is 19.8 Å². The molecule has 0 amide bonds. The van der Waals surface area contributed by atoms with Crippen molar-refractivity contribution in [1.29, 1.82) is 0 Å². The molecule has 5 heteroatoms. The van der Waals surface area contributed by atoms with E-state index in [1.54, 1.807) is 6.33 Å². The van der Waals surface area contributed by atoms with Gasteiger partial charge in [-0.1, -0.05) is 13.8 Å². The smallest absolute Gasteiger partial charge is 0.141 e. The molecule has 0 spiro atoms. The summed E-state index contributed by atoms with van der Waals surface area (Å²) in [6.45, 7) is 11.4. The number of rotatable bonds is 4. The average molecular weight is 237 g/mol. The van der Waals surface area contributed by atoms with Crippen molar-refractivity contribution < 1.29 is 0 Å². The summed E-state index contributed by atoms with van der Waals surface area (Å²) in [6, 6.07) is 0.363. The molecule has 0 atom stereocenters. The molecule has 2 rings (SSSR count). The zero-order valence-corrected chi connectivity index (χ0v) is 11.2. The van der Waals surface area contributed by atoms with Crippen LogP contribution >= 0.6 is 0 Å². The molecule has 0 aromatic carbocycles. The van der Waals surface area contributed by atoms with Crippen LogP contribution in [0.5, 0.6) is 0 Å². The average Bonchev–Trinajstić information content (AvgIpc) is 2.62. The Hall–Kier alpha value is -0.940. The quantitative estimate of drug-likeness (QED) is 0.849. The van der Waals surface area contributed by atoms with E-state index in [1.165, 1.54) is 0 Å². The molecule has 0 bridgehead atoms. The number of nitrogens with zero attached hydrogens (tertiary/aromatic N) is 4. The second kappa shape index (κ2) is 4.38. The highest BCUT2D eigenvalue weighted by atomic mass is 15.4. The van der Waals surface area contributed by atoms with Gasteiger partial charge in [0.25, 0.3) is 0 Å². The highest BCUT2D eigenvalue weighted by Crippen LogP contribution is 2.27. The Labute approximate surface area is 103 Å². The van der Waals surface area contributed by atoms with Crippen molar-refractivity contribution in [2.24, 2.45) is 11.7 Å². The molecule has 1 saturated heterocycles. The molecule has 1 fully saturated rings. The van der Waals surface area contributed by atoms with Gasteiger partial charge in [0, 0.05) is 24.7 Å². The monoisotopic (exact) mass is 237 g/mol. The van der Waals surface area contributed by atoms with Gasteiger partial charge in [0.1, 0.15) is 12.2 Å². The maximum absolute atomic E-state index is 6.28. The summed E-state index contributed by atoms with van der Waals surface area (Å²) in [4.78, 5) is 6.66. The van der Waals surface area contributed by atoms with Gasteiger partial charge in [-0.3, -0.25) is 4.90 Å². The second-order valence-electron chi connectivity index (χ2n) is 5.75. The fraction of sp³-hybridized carbons (Fsp3) is 0.833. The van der Waals surface area contributed by atoms with Crippen LogP contribution in [0.2, 0.25) is 0 Å². The molecule has 5 nitrogen and oxygen atoms in total. The predicted octanol–water partition coefficient (Wildman–Crippen LogP) is 1.03. The third-order valence-corrected chi connectivity index (χ3v) is 3.69. The van der Waals surface area contributed by atoms with Gasteiger partial charge in [0.15, 0.2) is 0 Å². The summed E-state index contributed by atoms with van der Waals surface area (Å²) in [5.41, 5.74) is 6.27. The largest absolute Gasteiger partial charge is 0.323 e. The fourth-order valence-corrected chi connectivity index (χ4v) is 2.28. The topological polar surface area (TPSA) is 60.0 Å². The third kappa shape index (κ3) is 2.35. The highest BCUT2D eigenvalue weighted by Gasteiger charge is 2.42. The summed E-state index contributed by atoms with van der Waals surface area (Å²) < 4.78 is 1.98. The first-order valence-corrected chi connectivity index (χ1v) is 6.32. The van der Waals surface area contributed by atoms with E-state index >= 15 is 0 Å². The van der Waals surface area contributed by atoms with Crippen LogP contribution in [0.3, 0.4) is 0 Å². The van der Waals surface area contributed by atoms with E-state index in [0.29, 0.717) is 12.0 Å². The summed E-state index contributed by atoms with van der Waals surface area (Å²) in [5.74, 6) is 1.56. The summed E-state index contributed by atoms with van der Waals surface area (Å²) in [7, 11) is 0. The SMILES string of the molecule is CC(C)n1ncnc1CN1CC(N)(C(C)C)C1. The van der Waals surface area contributed by atoms with Gasteiger partial charge in [0.2, 0.25) is 0 Å². The fourth-order valence-electron chi connectivity index (χ4n) is 2.28. The van der Waals surface area contributed by atoms with E-state index in [1.807, 2.05) is 4.68 Å². The van der Waals surface area contributed by atoms with Crippen molar-refractivity contribution in [3.8, 4) is 0 Å². The number of likely N-dealkylation sites (tertiary alicyclic amines) is 1. The number of aromatic nitrogens is 3. The Morgan fingerprint density at radius 1 is 1.35 bits per heavy atom. The molecule has 1 aromatic rings. The molecule has 2 N–H and O–H groups in total. The van der Waals surface area contributed by atoms with Crippen LogP contribution in [0.4, 0.5) is 0 Å². The molecule has 1 aliphatic rings. The molecule has 1 aliphatic heterocycles. The molecule has 17 heavy (non-hydrogen) atoms. The lowest BCUT2D eigenvalue weighted by molar-refractivity contribution is 0.0280. The van der Waals surface area contributed by atoms with Crippen LogP contribution < -0.4 is 5.73 Å². The minimum atomic E-state index is -0.0112. The lowest BCUT2D eigenvalue weighted by Crippen LogP contribution is -2.69. The third-order valence-electron chi connectivity index (χ3n) is 3.69. The van der Waals surface area contributed by atoms with E-state index in [2.05, 4.69) is 42.7 Å². The van der Waals surface area contributed by atoms with E-state index in [9.17, 15) is 0 Å². The summed E-state index contributed by atoms with van der Waals surface area (Å²) in [6.07, 6.45) is 1.63. The first-order chi connectivity index (χ1) is 7.92. The van der Waals surface area contributed by atoms with Crippen molar-refractivity contribution >= 4 is 0 Å². The van der Waals surface area contributed by atoms with E-state index in [4.69, 9.17) is 5.73 Å². The van der Waals surface area contributed by atoms with Crippen LogP contribution in [0.25, 0.3) is 0 Å². The van der Waals surface area contributed by atoms with E-state index in [-0.39, 0.29) is 5.54 Å². The molecule has 96 valence electrons. The minimum absolute atomic E-state index is 0.0112. The lowest BCUT2D eigenvalue weighted by atomic mass is 9.80. The minimum Gasteiger partial charge on any atom is -0.323 e. The predicted molar refractivity (Wildman–Crippen MR) is 67.4 cm³/mol. The molecule has 0 saturated carbocycles. The van der Waals surface area contributed by atoms with Crippen molar-refractivity contribution in [3.63, 3.8) is 0 Å². The Balaban J connectivity index is 1.94. The Kier molecular flexibility index (Phi) is 3.23. The van der Waals surface area contributed by atoms with Gasteiger partial charge in [-0.15, -0.1) is 0 Å². The Bertz CT molecular complexity index is 376. The first kappa shape index (κ1) is 12.5. The van der Waals surface area contributed by atoms with E-state index < -0.39 is 0 Å². The van der Waals surface area contributed by atoms with Gasteiger partial charge < -0.3 is 5.73 Å². The number of hydrogen-bond acceptors (Lipinski definition) is 4. The molecule has 2 heterocycles. The van der Waals surface area contributed by atoms with Crippen LogP contribution in [0, 0.1) is 5.92 Å². The van der Waals surface area contributed by atoms with Crippen LogP contribution in [-0.2, 0) is 6.54 Å². The van der Waals surface area contributed by atoms with Gasteiger partial charge in [-0.25, -0.2) is 9.67 Å². The highest BCUT2D eigenvalue weighted by molar-refractivity contribution is 5.03. The molecule has 1 aromatic heterocycles. The summed E-state index contributed by atoms with van der Waals surface area (Å²) in [5, 5.41) is 4.25. The summed E-state index contributed by atoms with van der Waals surface area (Å²) >= 11 is 0. The van der Waals surface area contributed by atoms with Crippen molar-refractivity contribution in [2.45, 2.75) is 45.8 Å². The van der Waals surface area contributed by atoms with Gasteiger partial charge in [0.05, 0.1) is 6.54 Å². The molecular formula is C12H23N5. The number of hydrogen-bond donors (Lipinski definition) is 1. The zero-order chi connectivity index (χ0) is 12.6. The maximum atomic E-state index is 6.28. The first-order valence-electron chi connectivity index (χ1n) is 6.32. The van der Waals surface area contributed by atoms with Crippen molar-refractivity contribution in [1.82, 2.24) is 19.7 Å².